The minimum absolute atomic E-state index is 0.441. The van der Waals surface area contributed by atoms with Crippen LogP contribution in [-0.4, -0.2) is 57.8 Å². The number of hydrogen-bond acceptors (Lipinski definition) is 6. The molecule has 0 spiro atoms. The molecule has 1 aromatic carbocycles. The topological polar surface area (TPSA) is 65.6 Å². The van der Waals surface area contributed by atoms with Crippen molar-refractivity contribution < 1.29 is 9.63 Å². The van der Waals surface area contributed by atoms with E-state index < -0.39 is 6.10 Å². The average molecular weight is 344 g/mol. The van der Waals surface area contributed by atoms with Crippen molar-refractivity contribution in [1.82, 2.24) is 19.9 Å². The van der Waals surface area contributed by atoms with Crippen LogP contribution in [0.4, 0.5) is 0 Å². The summed E-state index contributed by atoms with van der Waals surface area (Å²) in [6, 6.07) is 6.66. The fraction of sp³-hybridized carbons (Fsp3) is 0.579. The van der Waals surface area contributed by atoms with Crippen molar-refractivity contribution in [1.29, 1.82) is 0 Å². The molecule has 1 saturated heterocycles. The van der Waals surface area contributed by atoms with Gasteiger partial charge in [0, 0.05) is 26.1 Å². The van der Waals surface area contributed by atoms with Crippen molar-refractivity contribution in [3.05, 3.63) is 46.6 Å². The highest BCUT2D eigenvalue weighted by atomic mass is 16.5. The molecule has 2 atom stereocenters. The molecule has 2 heterocycles. The molecule has 6 nitrogen and oxygen atoms in total. The third-order valence-electron chi connectivity index (χ3n) is 5.18. The molecule has 0 aliphatic carbocycles. The number of likely N-dealkylation sites (N-methyl/N-ethyl adjacent to an activating group) is 1. The minimum Gasteiger partial charge on any atom is -0.387 e. The van der Waals surface area contributed by atoms with E-state index in [1.165, 1.54) is 11.1 Å². The molecule has 1 N–H and O–H groups in total. The van der Waals surface area contributed by atoms with Crippen LogP contribution in [0.15, 0.2) is 22.7 Å². The van der Waals surface area contributed by atoms with E-state index in [0.29, 0.717) is 25.0 Å². The van der Waals surface area contributed by atoms with Gasteiger partial charge in [-0.25, -0.2) is 0 Å². The van der Waals surface area contributed by atoms with Gasteiger partial charge >= 0.3 is 0 Å². The first-order valence-corrected chi connectivity index (χ1v) is 8.89. The van der Waals surface area contributed by atoms with Gasteiger partial charge in [0.25, 0.3) is 0 Å². The summed E-state index contributed by atoms with van der Waals surface area (Å²) in [6.45, 7) is 9.31. The quantitative estimate of drug-likeness (QED) is 0.867. The van der Waals surface area contributed by atoms with Gasteiger partial charge in [-0.2, -0.15) is 4.98 Å². The summed E-state index contributed by atoms with van der Waals surface area (Å²) >= 11 is 0. The molecule has 3 rings (SSSR count). The van der Waals surface area contributed by atoms with Crippen LogP contribution < -0.4 is 0 Å². The smallest absolute Gasteiger partial charge is 0.223 e. The standard InChI is InChI=1S/C19H28N4O2/c1-13-5-6-16(9-14(13)2)18(24)11-23-8-7-17(10-23)22(4)12-19-20-15(3)25-21-19/h5-6,9,17-18,24H,7-8,10-12H2,1-4H3. The highest BCUT2D eigenvalue weighted by molar-refractivity contribution is 5.31. The van der Waals surface area contributed by atoms with E-state index in [4.69, 9.17) is 4.52 Å². The predicted molar refractivity (Wildman–Crippen MR) is 96.2 cm³/mol. The Morgan fingerprint density at radius 3 is 2.80 bits per heavy atom. The maximum Gasteiger partial charge on any atom is 0.223 e. The summed E-state index contributed by atoms with van der Waals surface area (Å²) in [4.78, 5) is 8.88. The molecular weight excluding hydrogens is 316 g/mol. The summed E-state index contributed by atoms with van der Waals surface area (Å²) in [5, 5.41) is 14.5. The second-order valence-electron chi connectivity index (χ2n) is 7.21. The third kappa shape index (κ3) is 4.45. The molecule has 6 heteroatoms. The van der Waals surface area contributed by atoms with Crippen molar-refractivity contribution in [3.8, 4) is 0 Å². The van der Waals surface area contributed by atoms with Crippen LogP contribution in [0.2, 0.25) is 0 Å². The molecule has 2 unspecified atom stereocenters. The first-order valence-electron chi connectivity index (χ1n) is 8.89. The number of hydrogen-bond donors (Lipinski definition) is 1. The summed E-state index contributed by atoms with van der Waals surface area (Å²) in [7, 11) is 2.10. The molecule has 25 heavy (non-hydrogen) atoms. The highest BCUT2D eigenvalue weighted by Gasteiger charge is 2.28. The summed E-state index contributed by atoms with van der Waals surface area (Å²) in [5.41, 5.74) is 3.49. The Kier molecular flexibility index (Phi) is 5.51. The van der Waals surface area contributed by atoms with Crippen LogP contribution >= 0.6 is 0 Å². The maximum atomic E-state index is 10.6. The normalized spacial score (nSPS) is 19.7. The van der Waals surface area contributed by atoms with Crippen LogP contribution in [0.5, 0.6) is 0 Å². The van der Waals surface area contributed by atoms with Crippen molar-refractivity contribution in [2.24, 2.45) is 0 Å². The monoisotopic (exact) mass is 344 g/mol. The van der Waals surface area contributed by atoms with Crippen LogP contribution in [0.25, 0.3) is 0 Å². The van der Waals surface area contributed by atoms with E-state index in [1.54, 1.807) is 0 Å². The van der Waals surface area contributed by atoms with Gasteiger partial charge in [0.2, 0.25) is 5.89 Å². The lowest BCUT2D eigenvalue weighted by Gasteiger charge is -2.24. The lowest BCUT2D eigenvalue weighted by Crippen LogP contribution is -2.35. The van der Waals surface area contributed by atoms with Gasteiger partial charge in [0.15, 0.2) is 5.82 Å². The zero-order chi connectivity index (χ0) is 18.0. The van der Waals surface area contributed by atoms with E-state index in [9.17, 15) is 5.11 Å². The lowest BCUT2D eigenvalue weighted by molar-refractivity contribution is 0.120. The number of aryl methyl sites for hydroxylation is 3. The largest absolute Gasteiger partial charge is 0.387 e. The summed E-state index contributed by atoms with van der Waals surface area (Å²) in [6.07, 6.45) is 0.649. The molecule has 1 aliphatic heterocycles. The van der Waals surface area contributed by atoms with E-state index in [1.807, 2.05) is 13.0 Å². The van der Waals surface area contributed by atoms with Gasteiger partial charge in [-0.1, -0.05) is 23.4 Å². The molecule has 2 aromatic rings. The second-order valence-corrected chi connectivity index (χ2v) is 7.21. The van der Waals surface area contributed by atoms with Gasteiger partial charge in [-0.15, -0.1) is 0 Å². The Bertz CT molecular complexity index is 715. The van der Waals surface area contributed by atoms with Crippen molar-refractivity contribution >= 4 is 0 Å². The van der Waals surface area contributed by atoms with E-state index in [2.05, 4.69) is 53.0 Å². The van der Waals surface area contributed by atoms with Crippen molar-refractivity contribution in [2.75, 3.05) is 26.7 Å². The van der Waals surface area contributed by atoms with E-state index in [-0.39, 0.29) is 0 Å². The van der Waals surface area contributed by atoms with Gasteiger partial charge in [0.1, 0.15) is 0 Å². The minimum atomic E-state index is -0.441. The summed E-state index contributed by atoms with van der Waals surface area (Å²) in [5.74, 6) is 1.33. The van der Waals surface area contributed by atoms with Gasteiger partial charge in [-0.05, 0) is 50.6 Å². The third-order valence-corrected chi connectivity index (χ3v) is 5.18. The van der Waals surface area contributed by atoms with Gasteiger partial charge in [-0.3, -0.25) is 9.80 Å². The van der Waals surface area contributed by atoms with Crippen LogP contribution in [0, 0.1) is 20.8 Å². The summed E-state index contributed by atoms with van der Waals surface area (Å²) < 4.78 is 5.04. The molecule has 0 radical (unpaired) electrons. The zero-order valence-electron chi connectivity index (χ0n) is 15.6. The number of nitrogens with zero attached hydrogens (tertiary/aromatic N) is 4. The number of benzene rings is 1. The average Bonchev–Trinajstić information content (AvgIpc) is 3.19. The Morgan fingerprint density at radius 1 is 1.32 bits per heavy atom. The van der Waals surface area contributed by atoms with Crippen LogP contribution in [-0.2, 0) is 6.54 Å². The van der Waals surface area contributed by atoms with Crippen LogP contribution in [0.3, 0.4) is 0 Å². The molecule has 0 amide bonds. The SMILES string of the molecule is Cc1nc(CN(C)C2CCN(CC(O)c3ccc(C)c(C)c3)C2)no1. The number of rotatable bonds is 6. The van der Waals surface area contributed by atoms with Gasteiger partial charge < -0.3 is 9.63 Å². The second kappa shape index (κ2) is 7.64. The molecule has 0 bridgehead atoms. The predicted octanol–water partition coefficient (Wildman–Crippen LogP) is 2.23. The Morgan fingerprint density at radius 2 is 2.12 bits per heavy atom. The zero-order valence-corrected chi connectivity index (χ0v) is 15.6. The highest BCUT2D eigenvalue weighted by Crippen LogP contribution is 2.22. The number of β-amino-alcohol motifs (C(OH)–C–C–N with tert-alkyl or cyclic N) is 1. The Labute approximate surface area is 149 Å². The van der Waals surface area contributed by atoms with E-state index >= 15 is 0 Å². The fourth-order valence-electron chi connectivity index (χ4n) is 3.42. The molecule has 0 saturated carbocycles. The molecule has 136 valence electrons. The van der Waals surface area contributed by atoms with E-state index in [0.717, 1.165) is 30.9 Å². The number of aliphatic hydroxyl groups is 1. The maximum absolute atomic E-state index is 10.6. The molecule has 1 aromatic heterocycles. The van der Waals surface area contributed by atoms with Crippen molar-refractivity contribution in [3.63, 3.8) is 0 Å². The molecular formula is C19H28N4O2. The fourth-order valence-corrected chi connectivity index (χ4v) is 3.42. The molecule has 1 aliphatic rings. The molecule has 1 fully saturated rings. The Balaban J connectivity index is 1.52. The van der Waals surface area contributed by atoms with Gasteiger partial charge in [0.05, 0.1) is 12.6 Å². The first kappa shape index (κ1) is 18.0. The first-order chi connectivity index (χ1) is 11.9. The Hall–Kier alpha value is -1.76. The van der Waals surface area contributed by atoms with Crippen LogP contribution in [0.1, 0.15) is 40.9 Å². The number of aromatic nitrogens is 2. The lowest BCUT2D eigenvalue weighted by atomic mass is 10.0. The number of likely N-dealkylation sites (tertiary alicyclic amines) is 1. The van der Waals surface area contributed by atoms with Crippen molar-refractivity contribution in [2.45, 2.75) is 45.9 Å². The number of aliphatic hydroxyl groups excluding tert-OH is 1.